The summed E-state index contributed by atoms with van der Waals surface area (Å²) in [5.41, 5.74) is 1.32. The Bertz CT molecular complexity index is 297. The largest absolute Gasteiger partial charge is 0.295 e. The lowest BCUT2D eigenvalue weighted by Gasteiger charge is -2.21. The lowest BCUT2D eigenvalue weighted by molar-refractivity contribution is 0.265. The lowest BCUT2D eigenvalue weighted by Crippen LogP contribution is -2.29. The quantitative estimate of drug-likeness (QED) is 0.770. The van der Waals surface area contributed by atoms with Gasteiger partial charge in [-0.2, -0.15) is 5.10 Å². The molecule has 1 atom stereocenters. The number of alkyl halides is 1. The summed E-state index contributed by atoms with van der Waals surface area (Å²) in [6.07, 6.45) is 6.72. The van der Waals surface area contributed by atoms with Gasteiger partial charge in [-0.25, -0.2) is 0 Å². The first-order valence-electron chi connectivity index (χ1n) is 5.07. The van der Waals surface area contributed by atoms with Gasteiger partial charge in [-0.1, -0.05) is 15.9 Å². The molecule has 0 bridgehead atoms. The lowest BCUT2D eigenvalue weighted by atomic mass is 10.2. The number of hydrogen-bond acceptors (Lipinski definition) is 2. The molecular formula is C10H16BrN3. The van der Waals surface area contributed by atoms with E-state index in [9.17, 15) is 0 Å². The Morgan fingerprint density at radius 1 is 1.64 bits per heavy atom. The van der Waals surface area contributed by atoms with Crippen LogP contribution < -0.4 is 0 Å². The molecule has 1 aromatic heterocycles. The molecule has 1 aliphatic rings. The Labute approximate surface area is 93.2 Å². The zero-order valence-electron chi connectivity index (χ0n) is 8.49. The predicted octanol–water partition coefficient (Wildman–Crippen LogP) is 1.78. The zero-order chi connectivity index (χ0) is 9.97. The first-order chi connectivity index (χ1) is 6.79. The maximum Gasteiger partial charge on any atom is 0.0534 e. The highest BCUT2D eigenvalue weighted by Gasteiger charge is 2.23. The van der Waals surface area contributed by atoms with Crippen molar-refractivity contribution in [2.24, 2.45) is 7.05 Å². The van der Waals surface area contributed by atoms with Crippen molar-refractivity contribution in [3.63, 3.8) is 0 Å². The predicted molar refractivity (Wildman–Crippen MR) is 60.4 cm³/mol. The maximum absolute atomic E-state index is 4.19. The molecule has 1 unspecified atom stereocenters. The van der Waals surface area contributed by atoms with Crippen molar-refractivity contribution in [2.75, 3.05) is 11.9 Å². The molecule has 14 heavy (non-hydrogen) atoms. The monoisotopic (exact) mass is 257 g/mol. The molecule has 78 valence electrons. The number of aromatic nitrogens is 2. The summed E-state index contributed by atoms with van der Waals surface area (Å²) >= 11 is 3.57. The third kappa shape index (κ3) is 2.17. The van der Waals surface area contributed by atoms with Gasteiger partial charge in [0, 0.05) is 36.7 Å². The van der Waals surface area contributed by atoms with Crippen LogP contribution in [-0.2, 0) is 13.6 Å². The molecule has 0 aromatic carbocycles. The molecule has 0 N–H and O–H groups in total. The van der Waals surface area contributed by atoms with Crippen LogP contribution in [0.25, 0.3) is 0 Å². The minimum Gasteiger partial charge on any atom is -0.295 e. The molecule has 4 heteroatoms. The minimum absolute atomic E-state index is 0.718. The normalized spacial score (nSPS) is 23.1. The molecule has 1 fully saturated rings. The second-order valence-electron chi connectivity index (χ2n) is 3.94. The minimum atomic E-state index is 0.718. The van der Waals surface area contributed by atoms with Crippen LogP contribution in [0.1, 0.15) is 18.4 Å². The van der Waals surface area contributed by atoms with Crippen molar-refractivity contribution in [3.8, 4) is 0 Å². The van der Waals surface area contributed by atoms with Gasteiger partial charge < -0.3 is 0 Å². The molecule has 2 rings (SSSR count). The van der Waals surface area contributed by atoms with Crippen LogP contribution in [0, 0.1) is 0 Å². The van der Waals surface area contributed by atoms with Crippen molar-refractivity contribution in [1.29, 1.82) is 0 Å². The standard InChI is InChI=1S/C10H16BrN3/c1-13-7-9(6-12-13)8-14-4-2-3-10(14)5-11/h6-7,10H,2-5,8H2,1H3. The number of hydrogen-bond donors (Lipinski definition) is 0. The number of nitrogens with zero attached hydrogens (tertiary/aromatic N) is 3. The van der Waals surface area contributed by atoms with Gasteiger partial charge in [0.15, 0.2) is 0 Å². The number of halogens is 1. The van der Waals surface area contributed by atoms with Gasteiger partial charge in [0.25, 0.3) is 0 Å². The van der Waals surface area contributed by atoms with Gasteiger partial charge in [0.1, 0.15) is 0 Å². The summed E-state index contributed by atoms with van der Waals surface area (Å²) in [6.45, 7) is 2.27. The van der Waals surface area contributed by atoms with Gasteiger partial charge in [-0.05, 0) is 19.4 Å². The van der Waals surface area contributed by atoms with Gasteiger partial charge in [0.2, 0.25) is 0 Å². The molecule has 0 radical (unpaired) electrons. The first kappa shape index (κ1) is 10.2. The van der Waals surface area contributed by atoms with Gasteiger partial charge in [-0.15, -0.1) is 0 Å². The SMILES string of the molecule is Cn1cc(CN2CCCC2CBr)cn1. The van der Waals surface area contributed by atoms with E-state index in [2.05, 4.69) is 32.1 Å². The van der Waals surface area contributed by atoms with Crippen LogP contribution in [0.4, 0.5) is 0 Å². The number of rotatable bonds is 3. The second-order valence-corrected chi connectivity index (χ2v) is 4.59. The summed E-state index contributed by atoms with van der Waals surface area (Å²) in [5.74, 6) is 0. The summed E-state index contributed by atoms with van der Waals surface area (Å²) in [5, 5.41) is 5.28. The Hall–Kier alpha value is -0.350. The third-order valence-electron chi connectivity index (χ3n) is 2.82. The first-order valence-corrected chi connectivity index (χ1v) is 6.19. The molecule has 1 aliphatic heterocycles. The number of aryl methyl sites for hydroxylation is 1. The van der Waals surface area contributed by atoms with E-state index in [1.165, 1.54) is 24.9 Å². The van der Waals surface area contributed by atoms with Crippen molar-refractivity contribution in [1.82, 2.24) is 14.7 Å². The Morgan fingerprint density at radius 3 is 3.14 bits per heavy atom. The van der Waals surface area contributed by atoms with Gasteiger partial charge in [0.05, 0.1) is 6.20 Å². The molecule has 3 nitrogen and oxygen atoms in total. The van der Waals surface area contributed by atoms with E-state index in [4.69, 9.17) is 0 Å². The fourth-order valence-corrected chi connectivity index (χ4v) is 2.80. The Balaban J connectivity index is 1.96. The van der Waals surface area contributed by atoms with E-state index in [0.717, 1.165) is 17.9 Å². The molecule has 2 heterocycles. The highest BCUT2D eigenvalue weighted by atomic mass is 79.9. The smallest absolute Gasteiger partial charge is 0.0534 e. The highest BCUT2D eigenvalue weighted by Crippen LogP contribution is 2.20. The van der Waals surface area contributed by atoms with E-state index < -0.39 is 0 Å². The van der Waals surface area contributed by atoms with Crippen LogP contribution >= 0.6 is 15.9 Å². The average molecular weight is 258 g/mol. The van der Waals surface area contributed by atoms with E-state index in [1.54, 1.807) is 0 Å². The molecular weight excluding hydrogens is 242 g/mol. The fraction of sp³-hybridized carbons (Fsp3) is 0.700. The summed E-state index contributed by atoms with van der Waals surface area (Å²) in [6, 6.07) is 0.718. The Kier molecular flexibility index (Phi) is 3.23. The van der Waals surface area contributed by atoms with E-state index >= 15 is 0 Å². The molecule has 1 saturated heterocycles. The molecule has 0 amide bonds. The van der Waals surface area contributed by atoms with Crippen LogP contribution in [-0.4, -0.2) is 32.6 Å². The topological polar surface area (TPSA) is 21.1 Å². The summed E-state index contributed by atoms with van der Waals surface area (Å²) < 4.78 is 1.87. The van der Waals surface area contributed by atoms with Crippen LogP contribution in [0.2, 0.25) is 0 Å². The van der Waals surface area contributed by atoms with Crippen LogP contribution in [0.5, 0.6) is 0 Å². The third-order valence-corrected chi connectivity index (χ3v) is 3.57. The van der Waals surface area contributed by atoms with Crippen LogP contribution in [0.3, 0.4) is 0 Å². The maximum atomic E-state index is 4.19. The zero-order valence-corrected chi connectivity index (χ0v) is 10.1. The van der Waals surface area contributed by atoms with E-state index in [-0.39, 0.29) is 0 Å². The van der Waals surface area contributed by atoms with Crippen molar-refractivity contribution in [3.05, 3.63) is 18.0 Å². The summed E-state index contributed by atoms with van der Waals surface area (Å²) in [7, 11) is 1.97. The highest BCUT2D eigenvalue weighted by molar-refractivity contribution is 9.09. The van der Waals surface area contributed by atoms with Crippen molar-refractivity contribution < 1.29 is 0 Å². The van der Waals surface area contributed by atoms with E-state index in [1.807, 2.05) is 17.9 Å². The van der Waals surface area contributed by atoms with Crippen LogP contribution in [0.15, 0.2) is 12.4 Å². The second kappa shape index (κ2) is 4.45. The molecule has 0 saturated carbocycles. The molecule has 0 spiro atoms. The summed E-state index contributed by atoms with van der Waals surface area (Å²) in [4.78, 5) is 2.53. The fourth-order valence-electron chi connectivity index (χ4n) is 2.07. The van der Waals surface area contributed by atoms with Gasteiger partial charge in [-0.3, -0.25) is 9.58 Å². The Morgan fingerprint density at radius 2 is 2.50 bits per heavy atom. The average Bonchev–Trinajstić information content (AvgIpc) is 2.76. The molecule has 0 aliphatic carbocycles. The van der Waals surface area contributed by atoms with Gasteiger partial charge >= 0.3 is 0 Å². The van der Waals surface area contributed by atoms with Crippen molar-refractivity contribution in [2.45, 2.75) is 25.4 Å². The van der Waals surface area contributed by atoms with E-state index in [0.29, 0.717) is 0 Å². The van der Waals surface area contributed by atoms with Crippen molar-refractivity contribution >= 4 is 15.9 Å². The molecule has 1 aromatic rings. The number of likely N-dealkylation sites (tertiary alicyclic amines) is 1.